The molecule has 2 rings (SSSR count). The van der Waals surface area contributed by atoms with Crippen LogP contribution in [-0.2, 0) is 0 Å². The molecular weight excluding hydrogens is 207 g/mol. The van der Waals surface area contributed by atoms with Crippen molar-refractivity contribution in [3.63, 3.8) is 0 Å². The highest BCUT2D eigenvalue weighted by atomic mass is 19.1. The summed E-state index contributed by atoms with van der Waals surface area (Å²) in [6.07, 6.45) is 0.527. The number of fused-ring (bicyclic) bond motifs is 1. The fourth-order valence-electron chi connectivity index (χ4n) is 1.75. The zero-order valence-electron chi connectivity index (χ0n) is 9.08. The number of hydrogen-bond acceptors (Lipinski definition) is 2. The van der Waals surface area contributed by atoms with Crippen LogP contribution in [0.4, 0.5) is 4.39 Å². The van der Waals surface area contributed by atoms with E-state index in [0.29, 0.717) is 11.7 Å². The van der Waals surface area contributed by atoms with E-state index in [4.69, 9.17) is 4.74 Å². The fraction of sp³-hybridized carbons (Fsp3) is 0.154. The number of hydrogen-bond donors (Lipinski definition) is 0. The maximum absolute atomic E-state index is 13.8. The van der Waals surface area contributed by atoms with E-state index in [1.165, 1.54) is 7.11 Å². The van der Waals surface area contributed by atoms with Gasteiger partial charge in [0.05, 0.1) is 12.7 Å². The first kappa shape index (κ1) is 10.6. The Kier molecular flexibility index (Phi) is 2.60. The number of halogens is 1. The van der Waals surface area contributed by atoms with E-state index in [1.807, 2.05) is 19.1 Å². The lowest BCUT2D eigenvalue weighted by Gasteiger charge is -2.08. The second-order valence-corrected chi connectivity index (χ2v) is 3.65. The third kappa shape index (κ3) is 1.54. The second-order valence-electron chi connectivity index (χ2n) is 3.65. The Balaban J connectivity index is 2.90. The van der Waals surface area contributed by atoms with Crippen molar-refractivity contribution >= 4 is 17.1 Å². The summed E-state index contributed by atoms with van der Waals surface area (Å²) in [5.41, 5.74) is 1.04. The van der Waals surface area contributed by atoms with Gasteiger partial charge in [0, 0.05) is 0 Å². The highest BCUT2D eigenvalue weighted by molar-refractivity contribution is 5.99. The third-order valence-electron chi connectivity index (χ3n) is 2.58. The summed E-state index contributed by atoms with van der Waals surface area (Å²) in [5.74, 6) is -0.506. The van der Waals surface area contributed by atoms with Crippen LogP contribution in [0.3, 0.4) is 0 Å². The number of carbonyl (C=O) groups is 1. The quantitative estimate of drug-likeness (QED) is 0.724. The molecule has 2 nitrogen and oxygen atoms in total. The van der Waals surface area contributed by atoms with Gasteiger partial charge in [-0.05, 0) is 23.8 Å². The molecule has 0 aliphatic rings. The Bertz CT molecular complexity index is 561. The molecule has 0 aromatic heterocycles. The molecule has 0 bridgehead atoms. The fourth-order valence-corrected chi connectivity index (χ4v) is 1.75. The molecule has 0 aliphatic carbocycles. The van der Waals surface area contributed by atoms with E-state index in [2.05, 4.69) is 0 Å². The molecule has 0 radical (unpaired) electrons. The van der Waals surface area contributed by atoms with Crippen LogP contribution in [0.2, 0.25) is 0 Å². The number of methoxy groups -OCH3 is 1. The minimum atomic E-state index is -0.601. The van der Waals surface area contributed by atoms with Crippen molar-refractivity contribution in [1.82, 2.24) is 0 Å². The second kappa shape index (κ2) is 3.93. The zero-order valence-corrected chi connectivity index (χ0v) is 9.08. The molecule has 82 valence electrons. The number of aryl methyl sites for hydroxylation is 1. The summed E-state index contributed by atoms with van der Waals surface area (Å²) >= 11 is 0. The minimum Gasteiger partial charge on any atom is -0.494 e. The molecule has 2 aromatic carbocycles. The van der Waals surface area contributed by atoms with Crippen LogP contribution in [-0.4, -0.2) is 13.4 Å². The van der Waals surface area contributed by atoms with E-state index < -0.39 is 5.82 Å². The normalized spacial score (nSPS) is 10.4. The lowest BCUT2D eigenvalue weighted by molar-refractivity contribution is 0.112. The van der Waals surface area contributed by atoms with Crippen molar-refractivity contribution in [2.45, 2.75) is 6.92 Å². The van der Waals surface area contributed by atoms with Gasteiger partial charge in [-0.1, -0.05) is 23.8 Å². The average Bonchev–Trinajstić information content (AvgIpc) is 2.28. The van der Waals surface area contributed by atoms with Crippen LogP contribution in [0.15, 0.2) is 24.3 Å². The highest BCUT2D eigenvalue weighted by Crippen LogP contribution is 2.29. The molecule has 0 fully saturated rings. The van der Waals surface area contributed by atoms with Gasteiger partial charge < -0.3 is 4.74 Å². The molecule has 3 heteroatoms. The molecule has 0 atom stereocenters. The van der Waals surface area contributed by atoms with E-state index in [-0.39, 0.29) is 11.3 Å². The van der Waals surface area contributed by atoms with Crippen molar-refractivity contribution < 1.29 is 13.9 Å². The van der Waals surface area contributed by atoms with E-state index in [0.717, 1.165) is 10.9 Å². The predicted molar refractivity (Wildman–Crippen MR) is 60.6 cm³/mol. The van der Waals surface area contributed by atoms with Crippen LogP contribution in [0.5, 0.6) is 5.75 Å². The molecule has 0 saturated carbocycles. The van der Waals surface area contributed by atoms with Gasteiger partial charge in [-0.25, -0.2) is 4.39 Å². The lowest BCUT2D eigenvalue weighted by Crippen LogP contribution is -1.96. The first-order chi connectivity index (χ1) is 7.67. The Morgan fingerprint density at radius 1 is 1.31 bits per heavy atom. The van der Waals surface area contributed by atoms with Crippen LogP contribution in [0, 0.1) is 12.7 Å². The molecule has 2 aromatic rings. The van der Waals surface area contributed by atoms with Gasteiger partial charge in [0.2, 0.25) is 0 Å². The maximum atomic E-state index is 13.8. The first-order valence-electron chi connectivity index (χ1n) is 4.89. The van der Waals surface area contributed by atoms with Crippen LogP contribution in [0.25, 0.3) is 10.8 Å². The van der Waals surface area contributed by atoms with E-state index in [9.17, 15) is 9.18 Å². The van der Waals surface area contributed by atoms with Crippen molar-refractivity contribution in [3.8, 4) is 5.75 Å². The van der Waals surface area contributed by atoms with Gasteiger partial charge in [0.15, 0.2) is 17.9 Å². The molecule has 0 saturated heterocycles. The highest BCUT2D eigenvalue weighted by Gasteiger charge is 2.13. The van der Waals surface area contributed by atoms with Gasteiger partial charge in [-0.15, -0.1) is 0 Å². The van der Waals surface area contributed by atoms with Gasteiger partial charge >= 0.3 is 0 Å². The van der Waals surface area contributed by atoms with Gasteiger partial charge in [-0.3, -0.25) is 4.79 Å². The molecule has 0 amide bonds. The number of rotatable bonds is 2. The van der Waals surface area contributed by atoms with Crippen molar-refractivity contribution in [2.24, 2.45) is 0 Å². The Hall–Kier alpha value is -1.90. The largest absolute Gasteiger partial charge is 0.494 e. The molecule has 0 N–H and O–H groups in total. The van der Waals surface area contributed by atoms with Crippen LogP contribution < -0.4 is 4.74 Å². The summed E-state index contributed by atoms with van der Waals surface area (Å²) in [7, 11) is 1.38. The summed E-state index contributed by atoms with van der Waals surface area (Å²) in [6, 6.07) is 7.15. The van der Waals surface area contributed by atoms with Crippen molar-refractivity contribution in [1.29, 1.82) is 0 Å². The number of ether oxygens (including phenoxy) is 1. The predicted octanol–water partition coefficient (Wildman–Crippen LogP) is 3.11. The van der Waals surface area contributed by atoms with Crippen LogP contribution in [0.1, 0.15) is 15.9 Å². The Labute approximate surface area is 92.6 Å². The molecule has 0 spiro atoms. The smallest absolute Gasteiger partial charge is 0.176 e. The lowest BCUT2D eigenvalue weighted by atomic mass is 10.0. The maximum Gasteiger partial charge on any atom is 0.176 e. The minimum absolute atomic E-state index is 0.0538. The summed E-state index contributed by atoms with van der Waals surface area (Å²) in [5, 5.41) is 1.42. The summed E-state index contributed by atoms with van der Waals surface area (Å²) < 4.78 is 18.7. The third-order valence-corrected chi connectivity index (χ3v) is 2.58. The van der Waals surface area contributed by atoms with Crippen molar-refractivity contribution in [2.75, 3.05) is 7.11 Å². The zero-order chi connectivity index (χ0) is 11.7. The monoisotopic (exact) mass is 218 g/mol. The number of carbonyl (C=O) groups excluding carboxylic acids is 1. The van der Waals surface area contributed by atoms with Crippen LogP contribution >= 0.6 is 0 Å². The van der Waals surface area contributed by atoms with Gasteiger partial charge in [0.25, 0.3) is 0 Å². The Morgan fingerprint density at radius 3 is 2.69 bits per heavy atom. The topological polar surface area (TPSA) is 26.3 Å². The van der Waals surface area contributed by atoms with E-state index in [1.54, 1.807) is 12.1 Å². The first-order valence-corrected chi connectivity index (χ1v) is 4.89. The Morgan fingerprint density at radius 2 is 2.06 bits per heavy atom. The molecule has 0 unspecified atom stereocenters. The average molecular weight is 218 g/mol. The van der Waals surface area contributed by atoms with Gasteiger partial charge in [-0.2, -0.15) is 0 Å². The molecule has 0 aliphatic heterocycles. The van der Waals surface area contributed by atoms with E-state index >= 15 is 0 Å². The number of benzene rings is 2. The SMILES string of the molecule is COc1cc2ccc(C)cc2c(C=O)c1F. The van der Waals surface area contributed by atoms with Gasteiger partial charge in [0.1, 0.15) is 0 Å². The van der Waals surface area contributed by atoms with Crippen molar-refractivity contribution in [3.05, 3.63) is 41.2 Å². The molecular formula is C13H11FO2. The molecule has 0 heterocycles. The standard InChI is InChI=1S/C13H11FO2/c1-8-3-4-9-6-12(16-2)13(14)11(7-15)10(9)5-8/h3-7H,1-2H3. The summed E-state index contributed by atoms with van der Waals surface area (Å²) in [6.45, 7) is 1.90. The molecule has 16 heavy (non-hydrogen) atoms. The number of aldehydes is 1. The summed E-state index contributed by atoms with van der Waals surface area (Å²) in [4.78, 5) is 10.9.